The first-order valence-corrected chi connectivity index (χ1v) is 11.0. The maximum absolute atomic E-state index is 12.6. The second kappa shape index (κ2) is 10.4. The summed E-state index contributed by atoms with van der Waals surface area (Å²) in [7, 11) is -3.25. The van der Waals surface area contributed by atoms with Gasteiger partial charge in [0.25, 0.3) is 0 Å². The number of nitrogens with zero attached hydrogens (tertiary/aromatic N) is 1. The fourth-order valence-electron chi connectivity index (χ4n) is 2.43. The van der Waals surface area contributed by atoms with Crippen LogP contribution in [0.3, 0.4) is 0 Å². The van der Waals surface area contributed by atoms with Gasteiger partial charge in [-0.1, -0.05) is 23.7 Å². The lowest BCUT2D eigenvalue weighted by molar-refractivity contribution is -0.0504. The largest absolute Gasteiger partial charge is 0.434 e. The van der Waals surface area contributed by atoms with Gasteiger partial charge in [0, 0.05) is 29.9 Å². The summed E-state index contributed by atoms with van der Waals surface area (Å²) in [5.74, 6) is 0.492. The van der Waals surface area contributed by atoms with Crippen LogP contribution in [-0.2, 0) is 22.9 Å². The quantitative estimate of drug-likeness (QED) is 0.479. The number of nitrogens with one attached hydrogen (secondary N) is 2. The third-order valence-electron chi connectivity index (χ3n) is 3.80. The van der Waals surface area contributed by atoms with E-state index in [1.165, 1.54) is 24.3 Å². The minimum absolute atomic E-state index is 0.0316. The van der Waals surface area contributed by atoms with Gasteiger partial charge in [0.05, 0.1) is 11.4 Å². The predicted octanol–water partition coefficient (Wildman–Crippen LogP) is 3.60. The molecular formula is C19H22ClF2N3O3S. The van der Waals surface area contributed by atoms with Crippen molar-refractivity contribution in [3.8, 4) is 5.75 Å². The molecule has 0 heterocycles. The van der Waals surface area contributed by atoms with E-state index in [-0.39, 0.29) is 17.2 Å². The van der Waals surface area contributed by atoms with Crippen molar-refractivity contribution in [2.24, 2.45) is 4.99 Å². The molecule has 0 aliphatic rings. The average Bonchev–Trinajstić information content (AvgIpc) is 2.65. The molecule has 2 N–H and O–H groups in total. The summed E-state index contributed by atoms with van der Waals surface area (Å²) in [6.07, 6.45) is 1.15. The molecule has 2 aromatic rings. The summed E-state index contributed by atoms with van der Waals surface area (Å²) >= 11 is 5.96. The number of halogens is 3. The Labute approximate surface area is 173 Å². The summed E-state index contributed by atoms with van der Waals surface area (Å²) in [5, 5.41) is 6.50. The van der Waals surface area contributed by atoms with Crippen LogP contribution in [0.25, 0.3) is 0 Å². The highest BCUT2D eigenvalue weighted by Gasteiger charge is 2.11. The first-order chi connectivity index (χ1) is 13.7. The molecule has 0 fully saturated rings. The lowest BCUT2D eigenvalue weighted by atomic mass is 10.2. The van der Waals surface area contributed by atoms with Crippen molar-refractivity contribution >= 4 is 27.4 Å². The van der Waals surface area contributed by atoms with Crippen molar-refractivity contribution in [1.82, 2.24) is 10.6 Å². The van der Waals surface area contributed by atoms with Gasteiger partial charge in [-0.15, -0.1) is 0 Å². The van der Waals surface area contributed by atoms with E-state index < -0.39 is 16.4 Å². The van der Waals surface area contributed by atoms with Crippen molar-refractivity contribution in [2.45, 2.75) is 31.5 Å². The molecular weight excluding hydrogens is 424 g/mol. The van der Waals surface area contributed by atoms with Gasteiger partial charge in [-0.05, 0) is 42.8 Å². The standard InChI is InChI=1S/C19H22ClF2N3O3S/c1-3-23-19(24-11-13-4-7-16(8-5-13)29(2,26)27)25-12-14-10-15(20)6-9-17(14)28-18(21)22/h4-10,18H,3,11-12H2,1-2H3,(H2,23,24,25). The molecule has 0 radical (unpaired) electrons. The Hall–Kier alpha value is -2.39. The highest BCUT2D eigenvalue weighted by atomic mass is 35.5. The van der Waals surface area contributed by atoms with E-state index in [2.05, 4.69) is 20.4 Å². The molecule has 158 valence electrons. The summed E-state index contributed by atoms with van der Waals surface area (Å²) in [6, 6.07) is 10.8. The third kappa shape index (κ3) is 7.51. The van der Waals surface area contributed by atoms with Crippen molar-refractivity contribution in [3.05, 3.63) is 58.6 Å². The Bertz CT molecular complexity index is 952. The SMILES string of the molecule is CCNC(=NCc1ccc(S(C)(=O)=O)cc1)NCc1cc(Cl)ccc1OC(F)F. The number of rotatable bonds is 8. The van der Waals surface area contributed by atoms with E-state index in [9.17, 15) is 17.2 Å². The minimum atomic E-state index is -3.25. The van der Waals surface area contributed by atoms with Gasteiger partial charge < -0.3 is 15.4 Å². The Morgan fingerprint density at radius 2 is 1.86 bits per heavy atom. The van der Waals surface area contributed by atoms with Crippen molar-refractivity contribution < 1.29 is 21.9 Å². The number of ether oxygens (including phenoxy) is 1. The Morgan fingerprint density at radius 3 is 2.45 bits per heavy atom. The van der Waals surface area contributed by atoms with Gasteiger partial charge >= 0.3 is 6.61 Å². The molecule has 0 atom stereocenters. The zero-order valence-electron chi connectivity index (χ0n) is 16.0. The first-order valence-electron chi connectivity index (χ1n) is 8.73. The Kier molecular flexibility index (Phi) is 8.21. The summed E-state index contributed by atoms with van der Waals surface area (Å²) in [5.41, 5.74) is 1.28. The zero-order valence-corrected chi connectivity index (χ0v) is 17.5. The third-order valence-corrected chi connectivity index (χ3v) is 5.16. The van der Waals surface area contributed by atoms with Gasteiger partial charge in [-0.2, -0.15) is 8.78 Å². The van der Waals surface area contributed by atoms with Crippen LogP contribution in [0.4, 0.5) is 8.78 Å². The number of guanidine groups is 1. The molecule has 0 saturated heterocycles. The number of hydrogen-bond acceptors (Lipinski definition) is 4. The van der Waals surface area contributed by atoms with Crippen LogP contribution in [-0.4, -0.2) is 33.8 Å². The number of benzene rings is 2. The van der Waals surface area contributed by atoms with Crippen molar-refractivity contribution in [1.29, 1.82) is 0 Å². The highest BCUT2D eigenvalue weighted by Crippen LogP contribution is 2.24. The fourth-order valence-corrected chi connectivity index (χ4v) is 3.26. The van der Waals surface area contributed by atoms with E-state index in [1.54, 1.807) is 18.2 Å². The second-order valence-corrected chi connectivity index (χ2v) is 8.55. The average molecular weight is 446 g/mol. The van der Waals surface area contributed by atoms with Crippen LogP contribution in [0.5, 0.6) is 5.75 Å². The van der Waals surface area contributed by atoms with Gasteiger partial charge in [-0.25, -0.2) is 13.4 Å². The topological polar surface area (TPSA) is 79.8 Å². The molecule has 0 saturated carbocycles. The van der Waals surface area contributed by atoms with Crippen LogP contribution >= 0.6 is 11.6 Å². The maximum atomic E-state index is 12.6. The van der Waals surface area contributed by atoms with Gasteiger partial charge in [0.2, 0.25) is 0 Å². The molecule has 10 heteroatoms. The molecule has 0 bridgehead atoms. The molecule has 0 aromatic heterocycles. The van der Waals surface area contributed by atoms with E-state index >= 15 is 0 Å². The number of aliphatic imine (C=N–C) groups is 1. The maximum Gasteiger partial charge on any atom is 0.387 e. The van der Waals surface area contributed by atoms with Gasteiger partial charge in [-0.3, -0.25) is 0 Å². The molecule has 0 unspecified atom stereocenters. The second-order valence-electron chi connectivity index (χ2n) is 6.10. The number of hydrogen-bond donors (Lipinski definition) is 2. The van der Waals surface area contributed by atoms with Crippen LogP contribution in [0.15, 0.2) is 52.4 Å². The molecule has 0 aliphatic heterocycles. The molecule has 0 aliphatic carbocycles. The van der Waals surface area contributed by atoms with Crippen molar-refractivity contribution in [3.63, 3.8) is 0 Å². The van der Waals surface area contributed by atoms with Crippen LogP contribution in [0.2, 0.25) is 5.02 Å². The predicted molar refractivity (Wildman–Crippen MR) is 109 cm³/mol. The number of sulfone groups is 1. The van der Waals surface area contributed by atoms with Crippen molar-refractivity contribution in [2.75, 3.05) is 12.8 Å². The summed E-state index contributed by atoms with van der Waals surface area (Å²) in [4.78, 5) is 4.67. The number of alkyl halides is 2. The van der Waals surface area contributed by atoms with E-state index in [0.717, 1.165) is 11.8 Å². The molecule has 6 nitrogen and oxygen atoms in total. The highest BCUT2D eigenvalue weighted by molar-refractivity contribution is 7.90. The van der Waals surface area contributed by atoms with E-state index in [0.29, 0.717) is 29.6 Å². The normalized spacial score (nSPS) is 12.1. The first kappa shape index (κ1) is 22.9. The van der Waals surface area contributed by atoms with Gasteiger partial charge in [0.15, 0.2) is 15.8 Å². The molecule has 2 aromatic carbocycles. The lowest BCUT2D eigenvalue weighted by Crippen LogP contribution is -2.36. The van der Waals surface area contributed by atoms with Crippen LogP contribution in [0.1, 0.15) is 18.1 Å². The lowest BCUT2D eigenvalue weighted by Gasteiger charge is -2.14. The molecule has 2 rings (SSSR count). The fraction of sp³-hybridized carbons (Fsp3) is 0.316. The molecule has 0 amide bonds. The summed E-state index contributed by atoms with van der Waals surface area (Å²) < 4.78 is 52.7. The minimum Gasteiger partial charge on any atom is -0.434 e. The van der Waals surface area contributed by atoms with E-state index in [1.807, 2.05) is 6.92 Å². The smallest absolute Gasteiger partial charge is 0.387 e. The monoisotopic (exact) mass is 445 g/mol. The summed E-state index contributed by atoms with van der Waals surface area (Å²) in [6.45, 7) is 0.0146. The Morgan fingerprint density at radius 1 is 1.17 bits per heavy atom. The van der Waals surface area contributed by atoms with Crippen LogP contribution < -0.4 is 15.4 Å². The molecule has 29 heavy (non-hydrogen) atoms. The van der Waals surface area contributed by atoms with Crippen LogP contribution in [0, 0.1) is 0 Å². The van der Waals surface area contributed by atoms with E-state index in [4.69, 9.17) is 11.6 Å². The Balaban J connectivity index is 2.09. The zero-order chi connectivity index (χ0) is 21.4. The molecule has 0 spiro atoms. The van der Waals surface area contributed by atoms with Gasteiger partial charge in [0.1, 0.15) is 5.75 Å².